The van der Waals surface area contributed by atoms with E-state index in [4.69, 9.17) is 22.1 Å². The molecule has 0 saturated heterocycles. The summed E-state index contributed by atoms with van der Waals surface area (Å²) in [6.07, 6.45) is 1.44. The predicted octanol–water partition coefficient (Wildman–Crippen LogP) is 3.22. The molecule has 1 aromatic carbocycles. The van der Waals surface area contributed by atoms with Crippen LogP contribution in [0.2, 0.25) is 5.02 Å². The van der Waals surface area contributed by atoms with Gasteiger partial charge in [0.05, 0.1) is 16.8 Å². The van der Waals surface area contributed by atoms with Gasteiger partial charge < -0.3 is 15.8 Å². The van der Waals surface area contributed by atoms with Crippen LogP contribution < -0.4 is 11.1 Å². The number of benzene rings is 1. The molecule has 0 bridgehead atoms. The van der Waals surface area contributed by atoms with Crippen molar-refractivity contribution in [3.8, 4) is 0 Å². The van der Waals surface area contributed by atoms with Gasteiger partial charge >= 0.3 is 0 Å². The average molecular weight is 283 g/mol. The Bertz CT molecular complexity index is 448. The van der Waals surface area contributed by atoms with Crippen molar-refractivity contribution in [2.45, 2.75) is 45.9 Å². The molecule has 0 amide bonds. The van der Waals surface area contributed by atoms with Crippen molar-refractivity contribution < 1.29 is 4.74 Å². The number of nitrogens with two attached hydrogens (primary N) is 1. The maximum absolute atomic E-state index is 5.92. The Balaban J connectivity index is 1.88. The average Bonchev–Trinajstić information content (AvgIpc) is 2.37. The first-order valence-corrected chi connectivity index (χ1v) is 7.21. The third kappa shape index (κ3) is 3.04. The maximum Gasteiger partial charge on any atom is 0.0655 e. The first-order chi connectivity index (χ1) is 8.95. The normalized spacial score (nSPS) is 25.1. The molecule has 3 nitrogen and oxygen atoms in total. The van der Waals surface area contributed by atoms with E-state index in [1.807, 2.05) is 25.1 Å². The highest BCUT2D eigenvalue weighted by atomic mass is 35.5. The largest absolute Gasteiger partial charge is 0.398 e. The molecule has 0 spiro atoms. The van der Waals surface area contributed by atoms with Gasteiger partial charge in [0.2, 0.25) is 0 Å². The number of anilines is 1. The molecule has 0 heterocycles. The van der Waals surface area contributed by atoms with Gasteiger partial charge in [-0.2, -0.15) is 0 Å². The van der Waals surface area contributed by atoms with Crippen molar-refractivity contribution in [3.05, 3.63) is 28.8 Å². The summed E-state index contributed by atoms with van der Waals surface area (Å²) in [5, 5.41) is 4.20. The summed E-state index contributed by atoms with van der Waals surface area (Å²) in [6, 6.07) is 6.28. The van der Waals surface area contributed by atoms with E-state index in [2.05, 4.69) is 19.2 Å². The molecule has 0 aliphatic heterocycles. The van der Waals surface area contributed by atoms with Crippen LogP contribution in [0.3, 0.4) is 0 Å². The van der Waals surface area contributed by atoms with Crippen LogP contribution in [0.25, 0.3) is 0 Å². The monoisotopic (exact) mass is 282 g/mol. The predicted molar refractivity (Wildman–Crippen MR) is 80.3 cm³/mol. The fourth-order valence-electron chi connectivity index (χ4n) is 2.66. The standard InChI is InChI=1S/C15H23ClN2O/c1-4-19-14-8-13(15(14,2)3)18-9-10-5-6-11(16)12(17)7-10/h5-7,13-14,18H,4,8-9,17H2,1-3H3. The zero-order valence-electron chi connectivity index (χ0n) is 11.9. The highest BCUT2D eigenvalue weighted by Crippen LogP contribution is 2.42. The number of ether oxygens (including phenoxy) is 1. The van der Waals surface area contributed by atoms with Crippen molar-refractivity contribution in [1.29, 1.82) is 0 Å². The van der Waals surface area contributed by atoms with Gasteiger partial charge in [0.15, 0.2) is 0 Å². The second kappa shape index (κ2) is 5.70. The SMILES string of the molecule is CCOC1CC(NCc2ccc(Cl)c(N)c2)C1(C)C. The van der Waals surface area contributed by atoms with E-state index in [0.29, 0.717) is 22.9 Å². The van der Waals surface area contributed by atoms with Gasteiger partial charge in [-0.1, -0.05) is 31.5 Å². The van der Waals surface area contributed by atoms with Gasteiger partial charge in [-0.05, 0) is 31.0 Å². The molecule has 3 N–H and O–H groups in total. The minimum atomic E-state index is 0.188. The van der Waals surface area contributed by atoms with Crippen molar-refractivity contribution in [2.75, 3.05) is 12.3 Å². The Morgan fingerprint density at radius 2 is 2.21 bits per heavy atom. The lowest BCUT2D eigenvalue weighted by molar-refractivity contribution is -0.114. The van der Waals surface area contributed by atoms with Crippen LogP contribution in [-0.4, -0.2) is 18.8 Å². The number of halogens is 1. The lowest BCUT2D eigenvalue weighted by Crippen LogP contribution is -2.60. The third-order valence-electron chi connectivity index (χ3n) is 4.16. The molecule has 1 fully saturated rings. The first-order valence-electron chi connectivity index (χ1n) is 6.84. The van der Waals surface area contributed by atoms with Gasteiger partial charge in [-0.3, -0.25) is 0 Å². The van der Waals surface area contributed by atoms with E-state index < -0.39 is 0 Å². The Kier molecular flexibility index (Phi) is 4.39. The lowest BCUT2D eigenvalue weighted by Gasteiger charge is -2.52. The fraction of sp³-hybridized carbons (Fsp3) is 0.600. The molecule has 0 aromatic heterocycles. The number of rotatable bonds is 5. The number of hydrogen-bond donors (Lipinski definition) is 2. The van der Waals surface area contributed by atoms with E-state index in [0.717, 1.165) is 25.1 Å². The number of nitrogen functional groups attached to an aromatic ring is 1. The van der Waals surface area contributed by atoms with Crippen LogP contribution in [0.5, 0.6) is 0 Å². The van der Waals surface area contributed by atoms with Crippen molar-refractivity contribution >= 4 is 17.3 Å². The van der Waals surface area contributed by atoms with Crippen molar-refractivity contribution in [1.82, 2.24) is 5.32 Å². The molecule has 0 radical (unpaired) electrons. The van der Waals surface area contributed by atoms with Crippen LogP contribution >= 0.6 is 11.6 Å². The molecule has 2 rings (SSSR count). The summed E-state index contributed by atoms with van der Waals surface area (Å²) in [5.74, 6) is 0. The molecule has 4 heteroatoms. The highest BCUT2D eigenvalue weighted by molar-refractivity contribution is 6.33. The fourth-order valence-corrected chi connectivity index (χ4v) is 2.78. The van der Waals surface area contributed by atoms with Crippen LogP contribution in [0.15, 0.2) is 18.2 Å². The smallest absolute Gasteiger partial charge is 0.0655 e. The Morgan fingerprint density at radius 3 is 2.79 bits per heavy atom. The zero-order chi connectivity index (χ0) is 14.0. The Hall–Kier alpha value is -0.770. The van der Waals surface area contributed by atoms with Crippen LogP contribution in [-0.2, 0) is 11.3 Å². The summed E-state index contributed by atoms with van der Waals surface area (Å²) >= 11 is 5.92. The van der Waals surface area contributed by atoms with Crippen LogP contribution in [0.1, 0.15) is 32.8 Å². The molecule has 2 atom stereocenters. The van der Waals surface area contributed by atoms with E-state index >= 15 is 0 Å². The molecule has 19 heavy (non-hydrogen) atoms. The summed E-state index contributed by atoms with van der Waals surface area (Å²) in [4.78, 5) is 0. The number of nitrogens with one attached hydrogen (secondary N) is 1. The van der Waals surface area contributed by atoms with E-state index in [1.54, 1.807) is 0 Å². The summed E-state index contributed by atoms with van der Waals surface area (Å²) in [5.41, 5.74) is 7.80. The zero-order valence-corrected chi connectivity index (χ0v) is 12.6. The maximum atomic E-state index is 5.92. The van der Waals surface area contributed by atoms with Gasteiger partial charge in [-0.25, -0.2) is 0 Å². The van der Waals surface area contributed by atoms with Crippen LogP contribution in [0, 0.1) is 5.41 Å². The summed E-state index contributed by atoms with van der Waals surface area (Å²) in [7, 11) is 0. The van der Waals surface area contributed by atoms with Gasteiger partial charge in [0.1, 0.15) is 0 Å². The minimum Gasteiger partial charge on any atom is -0.398 e. The van der Waals surface area contributed by atoms with Crippen molar-refractivity contribution in [2.24, 2.45) is 5.41 Å². The molecule has 1 aliphatic rings. The first kappa shape index (κ1) is 14.6. The molecular weight excluding hydrogens is 260 g/mol. The molecule has 2 unspecified atom stereocenters. The van der Waals surface area contributed by atoms with Crippen LogP contribution in [0.4, 0.5) is 5.69 Å². The summed E-state index contributed by atoms with van der Waals surface area (Å²) in [6.45, 7) is 8.16. The minimum absolute atomic E-state index is 0.188. The van der Waals surface area contributed by atoms with E-state index in [9.17, 15) is 0 Å². The molecular formula is C15H23ClN2O. The second-order valence-corrected chi connectivity index (χ2v) is 6.20. The van der Waals surface area contributed by atoms with Crippen molar-refractivity contribution in [3.63, 3.8) is 0 Å². The molecule has 106 valence electrons. The van der Waals surface area contributed by atoms with E-state index in [-0.39, 0.29) is 5.41 Å². The molecule has 1 saturated carbocycles. The molecule has 1 aliphatic carbocycles. The third-order valence-corrected chi connectivity index (χ3v) is 4.50. The Labute approximate surface area is 120 Å². The lowest BCUT2D eigenvalue weighted by atomic mass is 9.64. The van der Waals surface area contributed by atoms with Gasteiger partial charge in [-0.15, -0.1) is 0 Å². The summed E-state index contributed by atoms with van der Waals surface area (Å²) < 4.78 is 5.73. The Morgan fingerprint density at radius 1 is 1.47 bits per heavy atom. The quantitative estimate of drug-likeness (QED) is 0.815. The molecule has 1 aromatic rings. The second-order valence-electron chi connectivity index (χ2n) is 5.79. The van der Waals surface area contributed by atoms with Gasteiger partial charge in [0.25, 0.3) is 0 Å². The number of hydrogen-bond acceptors (Lipinski definition) is 3. The highest BCUT2D eigenvalue weighted by Gasteiger charge is 2.48. The topological polar surface area (TPSA) is 47.3 Å². The van der Waals surface area contributed by atoms with E-state index in [1.165, 1.54) is 0 Å². The van der Waals surface area contributed by atoms with Gasteiger partial charge in [0, 0.05) is 24.6 Å².